The van der Waals surface area contributed by atoms with Gasteiger partial charge in [-0.05, 0) is 48.6 Å². The molecule has 8 nitrogen and oxygen atoms in total. The topological polar surface area (TPSA) is 104 Å². The number of nitrogens with zero attached hydrogens (tertiary/aromatic N) is 3. The van der Waals surface area contributed by atoms with E-state index in [2.05, 4.69) is 0 Å². The molecule has 2 aliphatic rings. The van der Waals surface area contributed by atoms with E-state index >= 15 is 0 Å². The number of anilines is 1. The van der Waals surface area contributed by atoms with Gasteiger partial charge in [0, 0.05) is 31.8 Å². The van der Waals surface area contributed by atoms with E-state index in [4.69, 9.17) is 0 Å². The van der Waals surface area contributed by atoms with Crippen LogP contribution < -0.4 is 4.90 Å². The lowest BCUT2D eigenvalue weighted by Gasteiger charge is -2.34. The number of hydrogen-bond donors (Lipinski definition) is 1. The van der Waals surface area contributed by atoms with Gasteiger partial charge in [0.15, 0.2) is 0 Å². The van der Waals surface area contributed by atoms with Crippen LogP contribution in [-0.2, 0) is 9.59 Å². The third-order valence-corrected chi connectivity index (χ3v) is 5.53. The summed E-state index contributed by atoms with van der Waals surface area (Å²) in [6.45, 7) is 1.09. The maximum absolute atomic E-state index is 13.4. The van der Waals surface area contributed by atoms with Crippen LogP contribution in [0.25, 0.3) is 5.57 Å². The van der Waals surface area contributed by atoms with Crippen molar-refractivity contribution in [2.24, 2.45) is 5.92 Å². The summed E-state index contributed by atoms with van der Waals surface area (Å²) in [4.78, 5) is 40.3. The van der Waals surface area contributed by atoms with Crippen molar-refractivity contribution in [3.63, 3.8) is 0 Å². The van der Waals surface area contributed by atoms with Gasteiger partial charge in [0.05, 0.1) is 16.2 Å². The van der Waals surface area contributed by atoms with E-state index in [0.29, 0.717) is 24.3 Å². The predicted octanol–water partition coefficient (Wildman–Crippen LogP) is 2.58. The first-order valence-corrected chi connectivity index (χ1v) is 9.80. The standard InChI is InChI=1S/C22H21N3O5/c26-14-15-5-4-12-23(13-15)20-19(16-8-10-18(11-9-16)25(29)30)21(27)24(22(20)28)17-6-2-1-3-7-17/h1-3,6-11,15,26H,4-5,12-14H2. The Bertz CT molecular complexity index is 1020. The van der Waals surface area contributed by atoms with Gasteiger partial charge in [-0.25, -0.2) is 4.90 Å². The number of carbonyl (C=O) groups is 2. The molecule has 1 N–H and O–H groups in total. The summed E-state index contributed by atoms with van der Waals surface area (Å²) in [5, 5.41) is 20.6. The molecule has 4 rings (SSSR count). The van der Waals surface area contributed by atoms with Crippen LogP contribution in [0.3, 0.4) is 0 Å². The number of imide groups is 1. The Morgan fingerprint density at radius 3 is 2.37 bits per heavy atom. The maximum Gasteiger partial charge on any atom is 0.282 e. The molecular formula is C22H21N3O5. The normalized spacial score (nSPS) is 19.6. The Kier molecular flexibility index (Phi) is 5.33. The second kappa shape index (κ2) is 8.08. The lowest BCUT2D eigenvalue weighted by Crippen LogP contribution is -2.40. The molecule has 154 valence electrons. The Balaban J connectivity index is 1.81. The third-order valence-electron chi connectivity index (χ3n) is 5.53. The van der Waals surface area contributed by atoms with Gasteiger partial charge in [-0.15, -0.1) is 0 Å². The number of nitro groups is 1. The molecule has 0 radical (unpaired) electrons. The zero-order valence-corrected chi connectivity index (χ0v) is 16.2. The highest BCUT2D eigenvalue weighted by atomic mass is 16.6. The molecule has 0 aliphatic carbocycles. The number of piperidine rings is 1. The van der Waals surface area contributed by atoms with Crippen molar-refractivity contribution in [1.29, 1.82) is 0 Å². The zero-order valence-electron chi connectivity index (χ0n) is 16.2. The molecule has 8 heteroatoms. The molecule has 2 aliphatic heterocycles. The summed E-state index contributed by atoms with van der Waals surface area (Å²) in [5.41, 5.74) is 1.36. The highest BCUT2D eigenvalue weighted by Crippen LogP contribution is 2.36. The summed E-state index contributed by atoms with van der Waals surface area (Å²) in [6, 6.07) is 14.4. The van der Waals surface area contributed by atoms with Crippen molar-refractivity contribution >= 4 is 28.8 Å². The van der Waals surface area contributed by atoms with Gasteiger partial charge >= 0.3 is 0 Å². The molecule has 0 spiro atoms. The van der Waals surface area contributed by atoms with Gasteiger partial charge in [0.1, 0.15) is 5.70 Å². The van der Waals surface area contributed by atoms with E-state index < -0.39 is 16.7 Å². The third kappa shape index (κ3) is 3.46. The molecule has 2 aromatic carbocycles. The highest BCUT2D eigenvalue weighted by molar-refractivity contribution is 6.45. The quantitative estimate of drug-likeness (QED) is 0.464. The van der Waals surface area contributed by atoms with Crippen LogP contribution in [0.4, 0.5) is 11.4 Å². The number of amides is 2. The number of aliphatic hydroxyl groups excluding tert-OH is 1. The summed E-state index contributed by atoms with van der Waals surface area (Å²) in [7, 11) is 0. The smallest absolute Gasteiger partial charge is 0.282 e. The van der Waals surface area contributed by atoms with Crippen LogP contribution in [0.15, 0.2) is 60.3 Å². The number of likely N-dealkylation sites (tertiary alicyclic amines) is 1. The first-order valence-electron chi connectivity index (χ1n) is 9.80. The number of non-ortho nitro benzene ring substituents is 1. The molecule has 1 saturated heterocycles. The van der Waals surface area contributed by atoms with Gasteiger partial charge in [-0.1, -0.05) is 18.2 Å². The first-order chi connectivity index (χ1) is 14.5. The number of nitro benzene ring substituents is 1. The van der Waals surface area contributed by atoms with Crippen LogP contribution in [0.1, 0.15) is 18.4 Å². The molecular weight excluding hydrogens is 386 g/mol. The van der Waals surface area contributed by atoms with Crippen LogP contribution >= 0.6 is 0 Å². The molecule has 2 amide bonds. The second-order valence-electron chi connectivity index (χ2n) is 7.45. The molecule has 2 heterocycles. The average Bonchev–Trinajstić information content (AvgIpc) is 3.04. The zero-order chi connectivity index (χ0) is 21.3. The van der Waals surface area contributed by atoms with E-state index in [0.717, 1.165) is 17.7 Å². The summed E-state index contributed by atoms with van der Waals surface area (Å²) >= 11 is 0. The maximum atomic E-state index is 13.4. The number of hydrogen-bond acceptors (Lipinski definition) is 6. The monoisotopic (exact) mass is 407 g/mol. The van der Waals surface area contributed by atoms with Crippen molar-refractivity contribution in [1.82, 2.24) is 4.90 Å². The van der Waals surface area contributed by atoms with Crippen LogP contribution in [0.2, 0.25) is 0 Å². The Labute approximate surface area is 173 Å². The predicted molar refractivity (Wildman–Crippen MR) is 110 cm³/mol. The van der Waals surface area contributed by atoms with Crippen molar-refractivity contribution in [2.45, 2.75) is 12.8 Å². The largest absolute Gasteiger partial charge is 0.396 e. The van der Waals surface area contributed by atoms with Gasteiger partial charge < -0.3 is 10.0 Å². The molecule has 0 saturated carbocycles. The number of benzene rings is 2. The first kappa shape index (κ1) is 19.8. The number of rotatable bonds is 5. The minimum absolute atomic E-state index is 0.0151. The van der Waals surface area contributed by atoms with Gasteiger partial charge in [0.25, 0.3) is 17.5 Å². The highest BCUT2D eigenvalue weighted by Gasteiger charge is 2.43. The minimum Gasteiger partial charge on any atom is -0.396 e. The molecule has 30 heavy (non-hydrogen) atoms. The summed E-state index contributed by atoms with van der Waals surface area (Å²) < 4.78 is 0. The summed E-state index contributed by atoms with van der Waals surface area (Å²) in [5.74, 6) is -0.850. The average molecular weight is 407 g/mol. The van der Waals surface area contributed by atoms with Crippen molar-refractivity contribution in [3.8, 4) is 0 Å². The number of aliphatic hydroxyl groups is 1. The summed E-state index contributed by atoms with van der Waals surface area (Å²) in [6.07, 6.45) is 1.66. The van der Waals surface area contributed by atoms with E-state index in [1.54, 1.807) is 30.3 Å². The van der Waals surface area contributed by atoms with Gasteiger partial charge in [-0.2, -0.15) is 0 Å². The van der Waals surface area contributed by atoms with Crippen LogP contribution in [0.5, 0.6) is 0 Å². The van der Waals surface area contributed by atoms with E-state index in [-0.39, 0.29) is 29.5 Å². The number of carbonyl (C=O) groups excluding carboxylic acids is 2. The fraction of sp³-hybridized carbons (Fsp3) is 0.273. The molecule has 2 aromatic rings. The number of para-hydroxylation sites is 1. The Morgan fingerprint density at radius 1 is 1.03 bits per heavy atom. The van der Waals surface area contributed by atoms with Gasteiger partial charge in [0.2, 0.25) is 0 Å². The molecule has 1 atom stereocenters. The minimum atomic E-state index is -0.506. The lowest BCUT2D eigenvalue weighted by molar-refractivity contribution is -0.384. The van der Waals surface area contributed by atoms with E-state index in [9.17, 15) is 24.8 Å². The van der Waals surface area contributed by atoms with Crippen LogP contribution in [0, 0.1) is 16.0 Å². The Morgan fingerprint density at radius 2 is 1.73 bits per heavy atom. The SMILES string of the molecule is O=C1C(c2ccc([N+](=O)[O-])cc2)=C(N2CCCC(CO)C2)C(=O)N1c1ccccc1. The fourth-order valence-corrected chi connectivity index (χ4v) is 4.05. The van der Waals surface area contributed by atoms with E-state index in [1.807, 2.05) is 4.90 Å². The lowest BCUT2D eigenvalue weighted by atomic mass is 9.97. The van der Waals surface area contributed by atoms with Crippen molar-refractivity contribution < 1.29 is 19.6 Å². The molecule has 1 fully saturated rings. The van der Waals surface area contributed by atoms with Crippen molar-refractivity contribution in [2.75, 3.05) is 24.6 Å². The van der Waals surface area contributed by atoms with Crippen molar-refractivity contribution in [3.05, 3.63) is 76.0 Å². The van der Waals surface area contributed by atoms with Gasteiger partial charge in [-0.3, -0.25) is 19.7 Å². The molecule has 0 aromatic heterocycles. The van der Waals surface area contributed by atoms with E-state index in [1.165, 1.54) is 24.3 Å². The molecule has 0 bridgehead atoms. The van der Waals surface area contributed by atoms with Crippen LogP contribution in [-0.4, -0.2) is 46.4 Å². The Hall–Kier alpha value is -3.52. The fourth-order valence-electron chi connectivity index (χ4n) is 4.05. The second-order valence-corrected chi connectivity index (χ2v) is 7.45. The molecule has 1 unspecified atom stereocenters.